The van der Waals surface area contributed by atoms with Gasteiger partial charge in [-0.05, 0) is 78.9 Å². The third-order valence-corrected chi connectivity index (χ3v) is 12.2. The largest absolute Gasteiger partial charge is 0.495 e. The van der Waals surface area contributed by atoms with E-state index in [9.17, 15) is 15.2 Å². The van der Waals surface area contributed by atoms with Crippen LogP contribution in [-0.4, -0.2) is 59.8 Å². The molecule has 10 heteroatoms. The smallest absolute Gasteiger partial charge is 0.333 e. The maximum atomic E-state index is 15.1. The number of esters is 1. The number of ketones is 1. The van der Waals surface area contributed by atoms with Gasteiger partial charge in [0.25, 0.3) is 0 Å². The number of fused-ring (bicyclic) bond motifs is 3. The number of ether oxygens (including phenoxy) is 4. The Morgan fingerprint density at radius 1 is 1.09 bits per heavy atom. The van der Waals surface area contributed by atoms with Crippen LogP contribution in [0, 0.1) is 35.0 Å². The van der Waals surface area contributed by atoms with Crippen molar-refractivity contribution < 1.29 is 33.6 Å². The first-order valence-electron chi connectivity index (χ1n) is 19.3. The highest BCUT2D eigenvalue weighted by Gasteiger charge is 2.72. The van der Waals surface area contributed by atoms with Crippen molar-refractivity contribution in [3.8, 4) is 23.3 Å². The second-order valence-corrected chi connectivity index (χ2v) is 16.7. The molecule has 1 saturated carbocycles. The van der Waals surface area contributed by atoms with Gasteiger partial charge in [-0.1, -0.05) is 57.1 Å². The number of Topliss-reactive ketones (excluding diaryl/α,β-unsaturated/α-hetero) is 1. The molecule has 6 unspecified atom stereocenters. The van der Waals surface area contributed by atoms with Gasteiger partial charge in [-0.2, -0.15) is 5.26 Å². The lowest BCUT2D eigenvalue weighted by atomic mass is 9.50. The molecule has 0 saturated heterocycles. The number of nitriles is 1. The van der Waals surface area contributed by atoms with Crippen molar-refractivity contribution in [3.63, 3.8) is 0 Å². The predicted octanol–water partition coefficient (Wildman–Crippen LogP) is 7.96. The normalized spacial score (nSPS) is 27.3. The summed E-state index contributed by atoms with van der Waals surface area (Å²) < 4.78 is 25.9. The van der Waals surface area contributed by atoms with E-state index >= 15 is 4.79 Å². The van der Waals surface area contributed by atoms with Crippen LogP contribution in [0.5, 0.6) is 17.2 Å². The van der Waals surface area contributed by atoms with Crippen LogP contribution in [0.2, 0.25) is 0 Å². The van der Waals surface area contributed by atoms with Crippen LogP contribution in [0.15, 0.2) is 58.0 Å². The first-order valence-corrected chi connectivity index (χ1v) is 19.3. The molecule has 10 nitrogen and oxygen atoms in total. The van der Waals surface area contributed by atoms with Crippen LogP contribution in [0.4, 0.5) is 0 Å². The monoisotopic (exact) mass is 753 g/mol. The molecule has 1 aromatic carbocycles. The summed E-state index contributed by atoms with van der Waals surface area (Å²) in [5, 5.41) is 24.1. The Hall–Kier alpha value is -4.75. The van der Waals surface area contributed by atoms with Crippen LogP contribution in [-0.2, 0) is 20.7 Å². The summed E-state index contributed by atoms with van der Waals surface area (Å²) in [6.45, 7) is 19.6. The molecule has 0 radical (unpaired) electrons. The van der Waals surface area contributed by atoms with E-state index in [1.807, 2.05) is 34.6 Å². The summed E-state index contributed by atoms with van der Waals surface area (Å²) in [7, 11) is 4.70. The molecule has 0 amide bonds. The highest BCUT2D eigenvalue weighted by atomic mass is 16.5. The van der Waals surface area contributed by atoms with Crippen LogP contribution >= 0.6 is 0 Å². The number of aliphatic hydroxyl groups is 1. The zero-order valence-electron chi connectivity index (χ0n) is 34.9. The van der Waals surface area contributed by atoms with E-state index < -0.39 is 46.3 Å². The van der Waals surface area contributed by atoms with Gasteiger partial charge in [-0.3, -0.25) is 4.79 Å². The molecule has 3 N–H and O–H groups in total. The molecule has 4 aliphatic rings. The molecule has 0 aromatic heterocycles. The highest BCUT2D eigenvalue weighted by Crippen LogP contribution is 2.65. The number of nitrogens with two attached hydrogens (primary N) is 1. The first kappa shape index (κ1) is 41.4. The van der Waals surface area contributed by atoms with E-state index in [2.05, 4.69) is 51.1 Å². The molecule has 0 bridgehead atoms. The molecule has 0 spiro atoms. The average Bonchev–Trinajstić information content (AvgIpc) is 3.13. The van der Waals surface area contributed by atoms with Crippen LogP contribution in [0.3, 0.4) is 0 Å². The molecule has 296 valence electrons. The molecule has 55 heavy (non-hydrogen) atoms. The van der Waals surface area contributed by atoms with Gasteiger partial charge in [0.15, 0.2) is 17.0 Å². The van der Waals surface area contributed by atoms with Crippen molar-refractivity contribution in [2.24, 2.45) is 29.4 Å². The number of carbonyl (C=O) groups is 2. The van der Waals surface area contributed by atoms with E-state index in [0.29, 0.717) is 40.5 Å². The fourth-order valence-corrected chi connectivity index (χ4v) is 8.85. The molecular formula is C45H59N3O7. The summed E-state index contributed by atoms with van der Waals surface area (Å²) in [5.41, 5.74) is 8.36. The lowest BCUT2D eigenvalue weighted by molar-refractivity contribution is -0.187. The van der Waals surface area contributed by atoms with Crippen molar-refractivity contribution >= 4 is 23.5 Å². The third-order valence-electron chi connectivity index (χ3n) is 12.2. The summed E-state index contributed by atoms with van der Waals surface area (Å²) in [6, 6.07) is 2.33. The predicted molar refractivity (Wildman–Crippen MR) is 215 cm³/mol. The van der Waals surface area contributed by atoms with E-state index in [0.717, 1.165) is 29.5 Å². The maximum absolute atomic E-state index is 15.1. The Morgan fingerprint density at radius 2 is 1.75 bits per heavy atom. The minimum Gasteiger partial charge on any atom is -0.495 e. The highest BCUT2D eigenvalue weighted by molar-refractivity contribution is 5.99. The summed E-state index contributed by atoms with van der Waals surface area (Å²) in [6.07, 6.45) is 11.7. The molecular weight excluding hydrogens is 695 g/mol. The number of nitrogens with zero attached hydrogens (tertiary/aromatic N) is 2. The Balaban J connectivity index is 1.98. The third kappa shape index (κ3) is 6.48. The van der Waals surface area contributed by atoms with Gasteiger partial charge >= 0.3 is 5.97 Å². The fourth-order valence-electron chi connectivity index (χ4n) is 8.85. The quantitative estimate of drug-likeness (QED) is 0.130. The van der Waals surface area contributed by atoms with Gasteiger partial charge in [0.2, 0.25) is 0 Å². The summed E-state index contributed by atoms with van der Waals surface area (Å²) in [4.78, 5) is 29.5. The first-order chi connectivity index (χ1) is 25.8. The van der Waals surface area contributed by atoms with Gasteiger partial charge in [0.1, 0.15) is 28.7 Å². The van der Waals surface area contributed by atoms with Gasteiger partial charge in [0.05, 0.1) is 42.7 Å². The molecule has 3 heterocycles. The molecule has 1 fully saturated rings. The second-order valence-electron chi connectivity index (χ2n) is 16.7. The van der Waals surface area contributed by atoms with E-state index in [1.54, 1.807) is 39.0 Å². The van der Waals surface area contributed by atoms with Crippen LogP contribution in [0.25, 0.3) is 11.8 Å². The second kappa shape index (κ2) is 15.1. The number of hydrogen-bond acceptors (Lipinski definition) is 10. The van der Waals surface area contributed by atoms with Crippen LogP contribution in [0.1, 0.15) is 105 Å². The van der Waals surface area contributed by atoms with Gasteiger partial charge in [-0.25, -0.2) is 4.79 Å². The number of rotatable bonds is 11. The lowest BCUT2D eigenvalue weighted by Gasteiger charge is -2.61. The Bertz CT molecular complexity index is 2020. The van der Waals surface area contributed by atoms with Gasteiger partial charge in [0, 0.05) is 47.9 Å². The summed E-state index contributed by atoms with van der Waals surface area (Å²) >= 11 is 0. The van der Waals surface area contributed by atoms with Crippen molar-refractivity contribution in [3.05, 3.63) is 74.7 Å². The van der Waals surface area contributed by atoms with E-state index in [1.165, 1.54) is 12.7 Å². The minimum atomic E-state index is -2.20. The van der Waals surface area contributed by atoms with Gasteiger partial charge in [-0.15, -0.1) is 0 Å². The van der Waals surface area contributed by atoms with E-state index in [4.69, 9.17) is 24.7 Å². The van der Waals surface area contributed by atoms with E-state index in [-0.39, 0.29) is 29.3 Å². The number of methoxy groups -OCH3 is 2. The Kier molecular flexibility index (Phi) is 11.3. The zero-order valence-corrected chi connectivity index (χ0v) is 34.9. The fraction of sp³-hybridized carbons (Fsp3) is 0.533. The standard InChI is InChI=1S/C45H59N3O7/c1-24(2)15-14-20-43(10)21-19-31-37(54-43)30(17-16-25(3)4)39-34(38(31)52-12)36-35-33(32(23-46)41(47)48(36)11)28(8)40(49)44(51,22-18-27(7)42(50)53-13)45(35,55-39)29(9)26(5)6/h15-16,18-19,21,26,28-29,33,51H,14,17,20,22,47H2,1-13H3/b27-18-. The topological polar surface area (TPSA) is 144 Å². The number of benzene rings is 1. The SMILES string of the molecule is COC(=O)/C(C)=C\CC1(O)C(=O)C(C)C2C(C#N)=C(N)N(C)C3=C2C1(C(C)C(C)C)Oc1c(CC=C(C)C)c2c(c(OC)c13)C=CC(C)(CCC=C(C)C)O2. The molecule has 1 aliphatic carbocycles. The average molecular weight is 754 g/mol. The maximum Gasteiger partial charge on any atom is 0.333 e. The van der Waals surface area contributed by atoms with Crippen molar-refractivity contribution in [1.82, 2.24) is 4.90 Å². The zero-order chi connectivity index (χ0) is 40.9. The molecule has 3 aliphatic heterocycles. The lowest BCUT2D eigenvalue weighted by Crippen LogP contribution is -2.74. The van der Waals surface area contributed by atoms with Crippen LogP contribution < -0.4 is 19.9 Å². The molecule has 1 aromatic rings. The van der Waals surface area contributed by atoms with Crippen molar-refractivity contribution in [2.75, 3.05) is 21.3 Å². The number of carbonyl (C=O) groups excluding carboxylic acids is 2. The minimum absolute atomic E-state index is 0.133. The number of allylic oxidation sites excluding steroid dienone is 5. The molecule has 6 atom stereocenters. The Morgan fingerprint density at radius 3 is 2.31 bits per heavy atom. The van der Waals surface area contributed by atoms with Crippen molar-refractivity contribution in [2.45, 2.75) is 112 Å². The summed E-state index contributed by atoms with van der Waals surface area (Å²) in [5.74, 6) is -1.69. The molecule has 5 rings (SSSR count). The number of hydrogen-bond donors (Lipinski definition) is 2. The van der Waals surface area contributed by atoms with Gasteiger partial charge < -0.3 is 34.7 Å². The Labute approximate surface area is 327 Å². The van der Waals surface area contributed by atoms with Crippen molar-refractivity contribution in [1.29, 1.82) is 5.26 Å².